The number of aliphatic hydroxyl groups excluding tert-OH is 4. The Labute approximate surface area is 867 Å². The van der Waals surface area contributed by atoms with E-state index in [2.05, 4.69) is 36.8 Å². The molecule has 0 unspecified atom stereocenters. The van der Waals surface area contributed by atoms with Crippen molar-refractivity contribution in [2.75, 3.05) is 89.7 Å². The van der Waals surface area contributed by atoms with Crippen LogP contribution in [0, 0.1) is 71.0 Å². The molecule has 145 heavy (non-hydrogen) atoms. The number of aliphatic hydroxyl groups is 6. The molecule has 0 aromatic heterocycles. The summed E-state index contributed by atoms with van der Waals surface area (Å²) in [7, 11) is 12.6. The fourth-order valence-electron chi connectivity index (χ4n) is 22.1. The molecule has 0 spiro atoms. The van der Waals surface area contributed by atoms with Crippen molar-refractivity contribution in [2.24, 2.45) is 87.8 Å². The Hall–Kier alpha value is -6.48. The number of oxime groups is 1. The van der Waals surface area contributed by atoms with E-state index in [0.29, 0.717) is 152 Å². The summed E-state index contributed by atoms with van der Waals surface area (Å²) in [6, 6.07) is -2.14. The molecule has 2 aliphatic carbocycles. The molecule has 4 saturated heterocycles. The first-order valence-electron chi connectivity index (χ1n) is 54.1. The zero-order valence-corrected chi connectivity index (χ0v) is 92.0. The van der Waals surface area contributed by atoms with Crippen LogP contribution in [0.5, 0.6) is 0 Å². The fourth-order valence-corrected chi connectivity index (χ4v) is 22.1. The van der Waals surface area contributed by atoms with E-state index in [0.717, 1.165) is 43.3 Å². The molecule has 0 radical (unpaired) electrons. The van der Waals surface area contributed by atoms with Gasteiger partial charge in [-0.2, -0.15) is 0 Å². The van der Waals surface area contributed by atoms with Crippen molar-refractivity contribution in [3.63, 3.8) is 0 Å². The van der Waals surface area contributed by atoms with Gasteiger partial charge in [-0.15, -0.1) is 0 Å². The first kappa shape index (κ1) is 127. The maximum Gasteiger partial charge on any atom is 0.329 e. The Morgan fingerprint density at radius 3 is 1.26 bits per heavy atom. The van der Waals surface area contributed by atoms with E-state index in [-0.39, 0.29) is 110 Å². The van der Waals surface area contributed by atoms with Gasteiger partial charge < -0.3 is 113 Å². The third-order valence-electron chi connectivity index (χ3n) is 31.6. The molecular formula is C113H189N5O27. The lowest BCUT2D eigenvalue weighted by Gasteiger charge is -2.43. The van der Waals surface area contributed by atoms with Gasteiger partial charge in [-0.3, -0.25) is 24.0 Å². The maximum absolute atomic E-state index is 14.7. The van der Waals surface area contributed by atoms with E-state index in [1.807, 2.05) is 129 Å². The van der Waals surface area contributed by atoms with Crippen LogP contribution in [-0.2, 0) is 100 Å². The minimum atomic E-state index is -2.40. The molecule has 32 nitrogen and oxygen atoms in total. The number of carbonyl (C=O) groups is 7. The van der Waals surface area contributed by atoms with E-state index in [1.54, 1.807) is 70.5 Å². The summed E-state index contributed by atoms with van der Waals surface area (Å²) in [5, 5.41) is 73.4. The molecule has 6 heterocycles. The number of hydrogen-bond acceptors (Lipinski definition) is 30. The number of cyclic esters (lactones) is 2. The van der Waals surface area contributed by atoms with E-state index >= 15 is 0 Å². The predicted octanol–water partition coefficient (Wildman–Crippen LogP) is 14.9. The van der Waals surface area contributed by atoms with Crippen LogP contribution < -0.4 is 11.6 Å². The summed E-state index contributed by atoms with van der Waals surface area (Å²) in [6.45, 7) is 31.0. The highest BCUT2D eigenvalue weighted by molar-refractivity contribution is 6.39. The number of Topliss-reactive ketones (excluding diaryl/α,β-unsaturated/α-hetero) is 3. The number of hydrogen-bond donors (Lipinski definition) is 8. The number of nitrogens with zero attached hydrogens (tertiary/aromatic N) is 3. The van der Waals surface area contributed by atoms with E-state index in [4.69, 9.17) is 73.3 Å². The Morgan fingerprint density at radius 2 is 0.869 bits per heavy atom. The number of ether oxygens (including phenoxy) is 12. The van der Waals surface area contributed by atoms with E-state index < -0.39 is 162 Å². The van der Waals surface area contributed by atoms with Crippen LogP contribution in [-0.4, -0.2) is 298 Å². The first-order chi connectivity index (χ1) is 69.0. The van der Waals surface area contributed by atoms with Gasteiger partial charge in [0, 0.05) is 131 Å². The lowest BCUT2D eigenvalue weighted by molar-refractivity contribution is -0.265. The molecule has 6 fully saturated rings. The minimum Gasteiger partial charge on any atom is -0.460 e. The van der Waals surface area contributed by atoms with Gasteiger partial charge in [-0.05, 0) is 240 Å². The smallest absolute Gasteiger partial charge is 0.329 e. The second kappa shape index (κ2) is 65.0. The number of carbonyl (C=O) groups excluding carboxylic acids is 7. The Morgan fingerprint density at radius 1 is 0.455 bits per heavy atom. The zero-order chi connectivity index (χ0) is 108. The van der Waals surface area contributed by atoms with Crippen molar-refractivity contribution in [1.29, 1.82) is 0 Å². The van der Waals surface area contributed by atoms with Crippen LogP contribution in [0.15, 0.2) is 100 Å². The third-order valence-corrected chi connectivity index (χ3v) is 31.6. The van der Waals surface area contributed by atoms with Gasteiger partial charge in [0.05, 0.1) is 73.4 Å². The van der Waals surface area contributed by atoms with Crippen molar-refractivity contribution in [3.05, 3.63) is 95.2 Å². The average molecular weight is 2050 g/mol. The van der Waals surface area contributed by atoms with E-state index in [9.17, 15) is 64.2 Å². The highest BCUT2D eigenvalue weighted by Crippen LogP contribution is 2.43. The Balaban J connectivity index is 0.000000417. The van der Waals surface area contributed by atoms with Crippen molar-refractivity contribution >= 4 is 46.8 Å². The number of allylic oxidation sites excluding steroid dienone is 10. The van der Waals surface area contributed by atoms with Gasteiger partial charge in [0.1, 0.15) is 55.3 Å². The van der Waals surface area contributed by atoms with Crippen LogP contribution in [0.25, 0.3) is 0 Å². The molecule has 32 atom stereocenters. The highest BCUT2D eigenvalue weighted by Gasteiger charge is 2.56. The van der Waals surface area contributed by atoms with Gasteiger partial charge in [0.25, 0.3) is 23.4 Å². The number of esters is 2. The highest BCUT2D eigenvalue weighted by atomic mass is 16.7. The molecular weight excluding hydrogens is 1860 g/mol. The second-order valence-electron chi connectivity index (χ2n) is 43.0. The molecule has 2 amide bonds. The predicted molar refractivity (Wildman–Crippen MR) is 558 cm³/mol. The molecule has 0 aromatic rings. The Kier molecular flexibility index (Phi) is 57.0. The third kappa shape index (κ3) is 38.4. The summed E-state index contributed by atoms with van der Waals surface area (Å²) in [6.07, 6.45) is 31.0. The fraction of sp³-hybridized carbons (Fsp3) is 0.788. The molecule has 10 N–H and O–H groups in total. The number of piperidine rings is 2. The molecule has 2 saturated carbocycles. The summed E-state index contributed by atoms with van der Waals surface area (Å²) in [4.78, 5) is 113. The van der Waals surface area contributed by atoms with Crippen LogP contribution in [0.4, 0.5) is 0 Å². The molecule has 8 aliphatic rings. The number of ketones is 3. The number of nitrogens with two attached hydrogens (primary N) is 2. The summed E-state index contributed by atoms with van der Waals surface area (Å²) in [5.41, 5.74) is 9.31. The van der Waals surface area contributed by atoms with Gasteiger partial charge in [0.15, 0.2) is 5.78 Å². The van der Waals surface area contributed by atoms with Gasteiger partial charge in [-0.1, -0.05) is 167 Å². The van der Waals surface area contributed by atoms with Crippen LogP contribution in [0.2, 0.25) is 0 Å². The maximum atomic E-state index is 14.7. The topological polar surface area (TPSA) is 441 Å². The number of unbranched alkanes of at least 4 members (excludes halogenated alkanes) is 3. The quantitative estimate of drug-likeness (QED) is 0.0155. The van der Waals surface area contributed by atoms with Crippen molar-refractivity contribution in [2.45, 2.75) is 411 Å². The van der Waals surface area contributed by atoms with E-state index in [1.165, 1.54) is 29.8 Å². The zero-order valence-electron chi connectivity index (χ0n) is 92.0. The monoisotopic (exact) mass is 2050 g/mol. The number of rotatable bonds is 23. The molecule has 32 heteroatoms. The van der Waals surface area contributed by atoms with Gasteiger partial charge >= 0.3 is 11.9 Å². The largest absolute Gasteiger partial charge is 0.460 e. The molecule has 8 rings (SSSR count). The first-order valence-corrected chi connectivity index (χ1v) is 54.1. The summed E-state index contributed by atoms with van der Waals surface area (Å²) < 4.78 is 72.4. The lowest BCUT2D eigenvalue weighted by atomic mass is 9.78. The minimum absolute atomic E-state index is 0.0469. The Bertz CT molecular complexity index is 4190. The summed E-state index contributed by atoms with van der Waals surface area (Å²) >= 11 is 0. The SMILES string of the molecule is CCCCCON.CO[C@H]1C[C@@H]2CC[C@@H](C)[C@@](O)(O2)C(=O)C(=O)N2CCCC[C@H]2C(=O)O[C@H]([C@H](C)C[C@@H]2CC[C@@H](O)[C@H](OC)C2)C[C@@H](OC)[C@H](C)/C=C(\C)[C@@H](O)[C@@H](OC)C(=NOCCCCN)[C@H](C)C[C@H](C)/C=C/C=C/C=C/1C.CO[C@H]1C[C@@H]2CC[C@@H](C)[C@@](O)(O2)C(=O)C(=O)N2CCCC[C@H]2C(=O)O[C@H]([C@H](C)C[C@@H]2CC[C@@H](O)[C@H](OC)C2)C[C@@H](OC)[C@H](C)/C=C(\C)[C@@H](O)[C@@H](OC)C(=O)[C@H](C)C[C@H](C)/C=C/C=C/C=C/1C. The van der Waals surface area contributed by atoms with Crippen molar-refractivity contribution in [3.8, 4) is 0 Å². The average Bonchev–Trinajstić information content (AvgIpc) is 0.785. The van der Waals surface area contributed by atoms with Crippen LogP contribution in [0.1, 0.15) is 290 Å². The number of methoxy groups -OCH3 is 8. The van der Waals surface area contributed by atoms with Gasteiger partial charge in [-0.25, -0.2) is 15.5 Å². The standard InChI is InChI=1S/C56H93N3O13.C52H83NO13.C5H13NO/c1-35-19-13-12-14-20-36(2)46(66-8)33-43-24-22-41(7)56(65,72-43)53(62)54(63)59-27-17-15-21-44(59)55(64)71-48(38(4)31-42-23-25-45(60)49(32-42)68-10)34-47(67-9)37(3)30-40(6)51(61)52(69-11)50(39(5)29-35)58-70-28-18-16-26-57;1-31-17-13-12-14-18-32(2)42(61-8)29-39-22-20-37(7)52(60,66-39)49(57)50(58)53-24-16-15-19-40(53)51(59)65-44(34(4)27-38-21-23-41(54)45(28-38)63-10)30-43(62-9)33(3)26-36(6)47(56)48(64-11)46(55)35(5)25-31;1-2-3-4-5-7-6/h12-14,19-20,30,35,37-39,41-49,51-52,60-61,65H,15-18,21-29,31-34,57H2,1-11H3;12-14,17-18,26,31,33-35,37-45,47-48,54,56,60H,15-16,19-25,27-30H2,1-11H3;2-6H2,1H3/b14-12+,19-13+,36-20+,40-30+,58-50?;14-12+,17-13+,32-18+,36-26+;/t35-,37-,38-,39-,41-,42+,43+,44+,45-,46+,47-,48+,49-,51-,52+,56-;31-,33-,34-,35-,37-,38+,39+,40+,41-,42+,43-,44+,45-,47-,48+,52-;/m11./s1. The van der Waals surface area contributed by atoms with Crippen LogP contribution >= 0.6 is 0 Å². The number of fused-ring (bicyclic) bond motifs is 6. The van der Waals surface area contributed by atoms with Crippen molar-refractivity contribution < 1.29 is 131 Å². The molecule has 6 aliphatic heterocycles. The molecule has 0 aromatic carbocycles. The van der Waals surface area contributed by atoms with Gasteiger partial charge in [0.2, 0.25) is 11.6 Å². The lowest BCUT2D eigenvalue weighted by Crippen LogP contribution is -2.61. The number of amides is 2. The molecule has 4 bridgehead atoms. The van der Waals surface area contributed by atoms with Crippen LogP contribution in [0.3, 0.4) is 0 Å². The second-order valence-corrected chi connectivity index (χ2v) is 43.0. The summed E-state index contributed by atoms with van der Waals surface area (Å²) in [5.74, 6) is -8.02. The molecule has 828 valence electrons. The van der Waals surface area contributed by atoms with Crippen molar-refractivity contribution in [1.82, 2.24) is 9.80 Å². The normalized spacial score (nSPS) is 38.6.